The van der Waals surface area contributed by atoms with E-state index < -0.39 is 5.97 Å². The zero-order valence-corrected chi connectivity index (χ0v) is 12.3. The van der Waals surface area contributed by atoms with E-state index in [9.17, 15) is 4.79 Å². The number of esters is 1. The van der Waals surface area contributed by atoms with Crippen LogP contribution in [0.15, 0.2) is 12.3 Å². The van der Waals surface area contributed by atoms with E-state index in [1.807, 2.05) is 0 Å². The van der Waals surface area contributed by atoms with E-state index in [-0.39, 0.29) is 5.41 Å². The summed E-state index contributed by atoms with van der Waals surface area (Å²) in [6.07, 6.45) is 1.47. The first-order valence-electron chi connectivity index (χ1n) is 6.35. The minimum absolute atomic E-state index is 0.133. The van der Waals surface area contributed by atoms with E-state index in [4.69, 9.17) is 5.73 Å². The fraction of sp³-hybridized carbons (Fsp3) is 0.571. The van der Waals surface area contributed by atoms with Gasteiger partial charge in [0, 0.05) is 6.54 Å². The van der Waals surface area contributed by atoms with Crippen LogP contribution in [-0.2, 0) is 4.74 Å². The highest BCUT2D eigenvalue weighted by Crippen LogP contribution is 2.26. The Morgan fingerprint density at radius 1 is 1.53 bits per heavy atom. The van der Waals surface area contributed by atoms with Gasteiger partial charge >= 0.3 is 5.97 Å². The van der Waals surface area contributed by atoms with Crippen LogP contribution in [0.5, 0.6) is 0 Å². The first-order chi connectivity index (χ1) is 8.77. The molecule has 1 aromatic heterocycles. The maximum Gasteiger partial charge on any atom is 0.340 e. The fourth-order valence-corrected chi connectivity index (χ4v) is 1.37. The van der Waals surface area contributed by atoms with Crippen molar-refractivity contribution >= 4 is 17.5 Å². The Labute approximate surface area is 114 Å². The average molecular weight is 265 g/mol. The fourth-order valence-electron chi connectivity index (χ4n) is 1.37. The first kappa shape index (κ1) is 15.3. The molecule has 0 spiro atoms. The van der Waals surface area contributed by atoms with Crippen molar-refractivity contribution < 1.29 is 9.53 Å². The zero-order valence-electron chi connectivity index (χ0n) is 12.3. The topological polar surface area (TPSA) is 77.2 Å². The molecule has 0 saturated carbocycles. The van der Waals surface area contributed by atoms with Gasteiger partial charge in [-0.3, -0.25) is 0 Å². The number of hydrogen-bond donors (Lipinski definition) is 2. The van der Waals surface area contributed by atoms with Crippen LogP contribution in [0.3, 0.4) is 0 Å². The molecular weight excluding hydrogens is 242 g/mol. The number of rotatable bonds is 5. The Morgan fingerprint density at radius 2 is 2.16 bits per heavy atom. The second-order valence-corrected chi connectivity index (χ2v) is 5.65. The van der Waals surface area contributed by atoms with Crippen LogP contribution in [0.25, 0.3) is 0 Å². The van der Waals surface area contributed by atoms with Crippen LogP contribution < -0.4 is 11.1 Å². The van der Waals surface area contributed by atoms with Gasteiger partial charge in [-0.25, -0.2) is 9.78 Å². The highest BCUT2D eigenvalue weighted by atomic mass is 16.5. The molecule has 0 saturated heterocycles. The largest absolute Gasteiger partial charge is 0.465 e. The number of hydrogen-bond acceptors (Lipinski definition) is 5. The number of nitrogens with zero attached hydrogens (tertiary/aromatic N) is 1. The first-order valence-corrected chi connectivity index (χ1v) is 6.35. The number of carbonyl (C=O) groups excluding carboxylic acids is 1. The van der Waals surface area contributed by atoms with Crippen LogP contribution in [0, 0.1) is 11.3 Å². The highest BCUT2D eigenvalue weighted by Gasteiger charge is 2.22. The lowest BCUT2D eigenvalue weighted by atomic mass is 9.81. The summed E-state index contributed by atoms with van der Waals surface area (Å²) in [4.78, 5) is 15.7. The number of nitrogen functional groups attached to an aromatic ring is 1. The number of carbonyl (C=O) groups is 1. The van der Waals surface area contributed by atoms with E-state index in [2.05, 4.69) is 42.7 Å². The van der Waals surface area contributed by atoms with Crippen LogP contribution in [0.1, 0.15) is 38.1 Å². The summed E-state index contributed by atoms with van der Waals surface area (Å²) >= 11 is 0. The van der Waals surface area contributed by atoms with Crippen LogP contribution in [-0.4, -0.2) is 24.6 Å². The lowest BCUT2D eigenvalue weighted by Crippen LogP contribution is -2.28. The summed E-state index contributed by atoms with van der Waals surface area (Å²) in [5.41, 5.74) is 6.49. The molecule has 1 rings (SSSR count). The average Bonchev–Trinajstić information content (AvgIpc) is 2.36. The second kappa shape index (κ2) is 5.91. The third kappa shape index (κ3) is 3.84. The molecule has 0 aliphatic rings. The number of pyridine rings is 1. The summed E-state index contributed by atoms with van der Waals surface area (Å²) in [5, 5.41) is 3.24. The van der Waals surface area contributed by atoms with Gasteiger partial charge in [-0.15, -0.1) is 0 Å². The third-order valence-electron chi connectivity index (χ3n) is 3.63. The number of methoxy groups -OCH3 is 1. The molecular formula is C14H23N3O2. The molecule has 0 radical (unpaired) electrons. The summed E-state index contributed by atoms with van der Waals surface area (Å²) in [6, 6.07) is 1.62. The van der Waals surface area contributed by atoms with E-state index in [1.54, 1.807) is 6.07 Å². The molecule has 0 unspecified atom stereocenters. The van der Waals surface area contributed by atoms with Crippen molar-refractivity contribution in [3.63, 3.8) is 0 Å². The molecule has 5 nitrogen and oxygen atoms in total. The van der Waals surface area contributed by atoms with Crippen molar-refractivity contribution in [3.8, 4) is 0 Å². The standard InChI is InChI=1S/C14H23N3O2/c1-9(2)14(3,4)8-17-12-6-10(13(18)19-5)11(15)7-16-12/h6-7,9H,8,15H2,1-5H3,(H,16,17). The number of aromatic nitrogens is 1. The Bertz CT molecular complexity index is 456. The van der Waals surface area contributed by atoms with Crippen molar-refractivity contribution in [2.24, 2.45) is 11.3 Å². The van der Waals surface area contributed by atoms with Gasteiger partial charge in [0.05, 0.1) is 24.6 Å². The van der Waals surface area contributed by atoms with Gasteiger partial charge < -0.3 is 15.8 Å². The molecule has 0 bridgehead atoms. The van der Waals surface area contributed by atoms with Gasteiger partial charge in [0.25, 0.3) is 0 Å². The van der Waals surface area contributed by atoms with E-state index in [1.165, 1.54) is 13.3 Å². The van der Waals surface area contributed by atoms with Gasteiger partial charge in [-0.2, -0.15) is 0 Å². The van der Waals surface area contributed by atoms with Crippen molar-refractivity contribution in [1.29, 1.82) is 0 Å². The van der Waals surface area contributed by atoms with E-state index >= 15 is 0 Å². The lowest BCUT2D eigenvalue weighted by molar-refractivity contribution is 0.0602. The second-order valence-electron chi connectivity index (χ2n) is 5.65. The maximum atomic E-state index is 11.5. The smallest absolute Gasteiger partial charge is 0.340 e. The third-order valence-corrected chi connectivity index (χ3v) is 3.63. The minimum atomic E-state index is -0.453. The highest BCUT2D eigenvalue weighted by molar-refractivity contribution is 5.95. The summed E-state index contributed by atoms with van der Waals surface area (Å²) in [6.45, 7) is 9.49. The summed E-state index contributed by atoms with van der Waals surface area (Å²) in [7, 11) is 1.33. The molecule has 3 N–H and O–H groups in total. The molecule has 106 valence electrons. The van der Waals surface area contributed by atoms with Crippen molar-refractivity contribution in [3.05, 3.63) is 17.8 Å². The van der Waals surface area contributed by atoms with Gasteiger partial charge in [0.2, 0.25) is 0 Å². The van der Waals surface area contributed by atoms with Crippen molar-refractivity contribution in [1.82, 2.24) is 4.98 Å². The van der Waals surface area contributed by atoms with Gasteiger partial charge in [-0.1, -0.05) is 27.7 Å². The van der Waals surface area contributed by atoms with E-state index in [0.717, 1.165) is 6.54 Å². The Balaban J connectivity index is 2.84. The Kier molecular flexibility index (Phi) is 4.75. The predicted octanol–water partition coefficient (Wildman–Crippen LogP) is 2.54. The van der Waals surface area contributed by atoms with Crippen molar-refractivity contribution in [2.45, 2.75) is 27.7 Å². The molecule has 0 aromatic carbocycles. The number of anilines is 2. The SMILES string of the molecule is COC(=O)c1cc(NCC(C)(C)C(C)C)ncc1N. The van der Waals surface area contributed by atoms with Gasteiger partial charge in [0.15, 0.2) is 0 Å². The van der Waals surface area contributed by atoms with Gasteiger partial charge in [-0.05, 0) is 17.4 Å². The maximum absolute atomic E-state index is 11.5. The predicted molar refractivity (Wildman–Crippen MR) is 77.1 cm³/mol. The molecule has 0 fully saturated rings. The molecule has 1 aromatic rings. The molecule has 0 aliphatic carbocycles. The molecule has 0 aliphatic heterocycles. The number of nitrogens with one attached hydrogen (secondary N) is 1. The van der Waals surface area contributed by atoms with Crippen LogP contribution in [0.2, 0.25) is 0 Å². The number of nitrogens with two attached hydrogens (primary N) is 1. The molecule has 5 heteroatoms. The van der Waals surface area contributed by atoms with Crippen molar-refractivity contribution in [2.75, 3.05) is 24.7 Å². The normalized spacial score (nSPS) is 11.5. The Hall–Kier alpha value is -1.78. The van der Waals surface area contributed by atoms with Gasteiger partial charge in [0.1, 0.15) is 5.82 Å². The van der Waals surface area contributed by atoms with Crippen LogP contribution >= 0.6 is 0 Å². The summed E-state index contributed by atoms with van der Waals surface area (Å²) in [5.74, 6) is 0.711. The molecule has 1 heterocycles. The minimum Gasteiger partial charge on any atom is -0.465 e. The molecule has 19 heavy (non-hydrogen) atoms. The molecule has 0 atom stereocenters. The summed E-state index contributed by atoms with van der Waals surface area (Å²) < 4.78 is 4.68. The van der Waals surface area contributed by atoms with E-state index in [0.29, 0.717) is 23.0 Å². The zero-order chi connectivity index (χ0) is 14.6. The lowest BCUT2D eigenvalue weighted by Gasteiger charge is -2.29. The van der Waals surface area contributed by atoms with Crippen LogP contribution in [0.4, 0.5) is 11.5 Å². The quantitative estimate of drug-likeness (QED) is 0.800. The Morgan fingerprint density at radius 3 is 2.68 bits per heavy atom. The monoisotopic (exact) mass is 265 g/mol. The number of ether oxygens (including phenoxy) is 1. The molecule has 0 amide bonds.